The van der Waals surface area contributed by atoms with Crippen molar-refractivity contribution < 1.29 is 4.52 Å². The normalized spacial score (nSPS) is 10.8. The summed E-state index contributed by atoms with van der Waals surface area (Å²) in [6, 6.07) is 5.66. The Bertz CT molecular complexity index is 813. The fourth-order valence-corrected chi connectivity index (χ4v) is 2.46. The number of nitrogens with two attached hydrogens (primary N) is 1. The molecule has 21 heavy (non-hydrogen) atoms. The summed E-state index contributed by atoms with van der Waals surface area (Å²) in [7, 11) is 0. The third kappa shape index (κ3) is 2.67. The smallest absolute Gasteiger partial charge is 0.258 e. The Morgan fingerprint density at radius 3 is 2.71 bits per heavy atom. The van der Waals surface area contributed by atoms with Crippen LogP contribution in [0.15, 0.2) is 39.6 Å². The number of aromatic nitrogens is 3. The van der Waals surface area contributed by atoms with Gasteiger partial charge in [-0.15, -0.1) is 0 Å². The molecule has 3 aromatic rings. The predicted octanol–water partition coefficient (Wildman–Crippen LogP) is 3.76. The molecule has 0 aliphatic heterocycles. The Kier molecular flexibility index (Phi) is 3.47. The number of nitrogens with zero attached hydrogens (tertiary/aromatic N) is 3. The molecule has 0 atom stereocenters. The van der Waals surface area contributed by atoms with Crippen molar-refractivity contribution >= 4 is 21.6 Å². The van der Waals surface area contributed by atoms with Gasteiger partial charge in [0.1, 0.15) is 0 Å². The summed E-state index contributed by atoms with van der Waals surface area (Å²) in [6.07, 6.45) is 3.40. The number of nitrogen functional groups attached to an aromatic ring is 1. The van der Waals surface area contributed by atoms with E-state index in [1.807, 2.05) is 32.0 Å². The van der Waals surface area contributed by atoms with Gasteiger partial charge in [0.2, 0.25) is 5.82 Å². The van der Waals surface area contributed by atoms with Gasteiger partial charge < -0.3 is 10.3 Å². The second-order valence-corrected chi connectivity index (χ2v) is 5.74. The highest BCUT2D eigenvalue weighted by atomic mass is 79.9. The van der Waals surface area contributed by atoms with E-state index < -0.39 is 0 Å². The lowest BCUT2D eigenvalue weighted by Gasteiger charge is -2.06. The van der Waals surface area contributed by atoms with Crippen LogP contribution >= 0.6 is 15.9 Å². The molecule has 2 heterocycles. The van der Waals surface area contributed by atoms with Crippen LogP contribution in [0.5, 0.6) is 0 Å². The lowest BCUT2D eigenvalue weighted by molar-refractivity contribution is 0.432. The minimum absolute atomic E-state index is 0.456. The fourth-order valence-electron chi connectivity index (χ4n) is 2.09. The van der Waals surface area contributed by atoms with Crippen molar-refractivity contribution in [3.8, 4) is 22.8 Å². The van der Waals surface area contributed by atoms with Crippen molar-refractivity contribution in [2.24, 2.45) is 0 Å². The van der Waals surface area contributed by atoms with Crippen molar-refractivity contribution in [3.05, 3.63) is 46.2 Å². The van der Waals surface area contributed by atoms with Crippen LogP contribution in [-0.4, -0.2) is 15.1 Å². The lowest BCUT2D eigenvalue weighted by atomic mass is 10.0. The number of rotatable bonds is 2. The second kappa shape index (κ2) is 5.29. The SMILES string of the molecule is Cc1cc(N)cc(-c2nc(-c3cncc(Br)c3)no2)c1C. The van der Waals surface area contributed by atoms with Crippen LogP contribution < -0.4 is 5.73 Å². The minimum atomic E-state index is 0.456. The average Bonchev–Trinajstić information content (AvgIpc) is 2.92. The standard InChI is InChI=1S/C15H13BrN4O/c1-8-3-12(17)5-13(9(8)2)15-19-14(20-21-15)10-4-11(16)7-18-6-10/h3-7H,17H2,1-2H3. The van der Waals surface area contributed by atoms with Crippen LogP contribution in [-0.2, 0) is 0 Å². The molecule has 0 bridgehead atoms. The zero-order chi connectivity index (χ0) is 15.0. The number of hydrogen-bond donors (Lipinski definition) is 1. The van der Waals surface area contributed by atoms with Gasteiger partial charge in [0.15, 0.2) is 0 Å². The van der Waals surface area contributed by atoms with E-state index in [1.54, 1.807) is 12.4 Å². The summed E-state index contributed by atoms with van der Waals surface area (Å²) in [6.45, 7) is 4.01. The predicted molar refractivity (Wildman–Crippen MR) is 84.6 cm³/mol. The molecular weight excluding hydrogens is 332 g/mol. The van der Waals surface area contributed by atoms with E-state index in [-0.39, 0.29) is 0 Å². The van der Waals surface area contributed by atoms with Crippen molar-refractivity contribution in [2.75, 3.05) is 5.73 Å². The van der Waals surface area contributed by atoms with E-state index in [0.29, 0.717) is 17.4 Å². The van der Waals surface area contributed by atoms with E-state index in [4.69, 9.17) is 10.3 Å². The molecule has 0 aliphatic rings. The Morgan fingerprint density at radius 1 is 1.14 bits per heavy atom. The first-order valence-corrected chi connectivity index (χ1v) is 7.15. The van der Waals surface area contributed by atoms with Gasteiger partial charge in [-0.05, 0) is 59.1 Å². The molecule has 2 N–H and O–H groups in total. The number of hydrogen-bond acceptors (Lipinski definition) is 5. The van der Waals surface area contributed by atoms with Gasteiger partial charge >= 0.3 is 0 Å². The van der Waals surface area contributed by atoms with E-state index in [2.05, 4.69) is 31.1 Å². The lowest BCUT2D eigenvalue weighted by Crippen LogP contribution is -1.93. The van der Waals surface area contributed by atoms with E-state index in [9.17, 15) is 0 Å². The first kappa shape index (κ1) is 13.8. The highest BCUT2D eigenvalue weighted by Crippen LogP contribution is 2.29. The summed E-state index contributed by atoms with van der Waals surface area (Å²) < 4.78 is 6.24. The van der Waals surface area contributed by atoms with E-state index in [1.165, 1.54) is 0 Å². The van der Waals surface area contributed by atoms with Crippen LogP contribution in [0.3, 0.4) is 0 Å². The summed E-state index contributed by atoms with van der Waals surface area (Å²) in [4.78, 5) is 8.54. The second-order valence-electron chi connectivity index (χ2n) is 4.83. The summed E-state index contributed by atoms with van der Waals surface area (Å²) in [5.74, 6) is 0.955. The molecule has 0 spiro atoms. The topological polar surface area (TPSA) is 77.8 Å². The van der Waals surface area contributed by atoms with Crippen molar-refractivity contribution in [1.82, 2.24) is 15.1 Å². The van der Waals surface area contributed by atoms with Gasteiger partial charge in [-0.25, -0.2) is 0 Å². The molecule has 5 nitrogen and oxygen atoms in total. The molecule has 0 unspecified atom stereocenters. The Labute approximate surface area is 130 Å². The van der Waals surface area contributed by atoms with Crippen molar-refractivity contribution in [2.45, 2.75) is 13.8 Å². The van der Waals surface area contributed by atoms with E-state index >= 15 is 0 Å². The first-order chi connectivity index (χ1) is 10.0. The van der Waals surface area contributed by atoms with Gasteiger partial charge in [0.25, 0.3) is 5.89 Å². The van der Waals surface area contributed by atoms with E-state index in [0.717, 1.165) is 26.7 Å². The summed E-state index contributed by atoms with van der Waals surface area (Å²) in [5, 5.41) is 4.02. The highest BCUT2D eigenvalue weighted by molar-refractivity contribution is 9.10. The first-order valence-electron chi connectivity index (χ1n) is 6.36. The monoisotopic (exact) mass is 344 g/mol. The van der Waals surface area contributed by atoms with Crippen LogP contribution in [0.2, 0.25) is 0 Å². The van der Waals surface area contributed by atoms with Crippen molar-refractivity contribution in [3.63, 3.8) is 0 Å². The van der Waals surface area contributed by atoms with Gasteiger partial charge in [-0.1, -0.05) is 5.16 Å². The Balaban J connectivity index is 2.07. The molecular formula is C15H13BrN4O. The Hall–Kier alpha value is -2.21. The molecule has 3 rings (SSSR count). The number of benzene rings is 1. The largest absolute Gasteiger partial charge is 0.399 e. The average molecular weight is 345 g/mol. The number of anilines is 1. The zero-order valence-corrected chi connectivity index (χ0v) is 13.2. The van der Waals surface area contributed by atoms with Crippen LogP contribution in [0, 0.1) is 13.8 Å². The quantitative estimate of drug-likeness (QED) is 0.716. The molecule has 0 saturated carbocycles. The third-order valence-corrected chi connectivity index (χ3v) is 3.74. The van der Waals surface area contributed by atoms with Crippen LogP contribution in [0.25, 0.3) is 22.8 Å². The van der Waals surface area contributed by atoms with Gasteiger partial charge in [0, 0.05) is 33.7 Å². The molecule has 0 amide bonds. The molecule has 0 fully saturated rings. The number of aryl methyl sites for hydroxylation is 1. The maximum absolute atomic E-state index is 5.90. The molecule has 0 radical (unpaired) electrons. The van der Waals surface area contributed by atoms with Gasteiger partial charge in [-0.2, -0.15) is 4.98 Å². The fraction of sp³-hybridized carbons (Fsp3) is 0.133. The third-order valence-electron chi connectivity index (χ3n) is 3.31. The number of pyridine rings is 1. The van der Waals surface area contributed by atoms with Crippen molar-refractivity contribution in [1.29, 1.82) is 0 Å². The maximum Gasteiger partial charge on any atom is 0.258 e. The molecule has 106 valence electrons. The minimum Gasteiger partial charge on any atom is -0.399 e. The highest BCUT2D eigenvalue weighted by Gasteiger charge is 2.14. The molecule has 6 heteroatoms. The molecule has 1 aromatic carbocycles. The van der Waals surface area contributed by atoms with Gasteiger partial charge in [0.05, 0.1) is 0 Å². The molecule has 2 aromatic heterocycles. The van der Waals surface area contributed by atoms with Gasteiger partial charge in [-0.3, -0.25) is 4.98 Å². The zero-order valence-electron chi connectivity index (χ0n) is 11.6. The van der Waals surface area contributed by atoms with Crippen LogP contribution in [0.1, 0.15) is 11.1 Å². The molecule has 0 saturated heterocycles. The maximum atomic E-state index is 5.90. The van der Waals surface area contributed by atoms with Crippen LogP contribution in [0.4, 0.5) is 5.69 Å². The molecule has 0 aliphatic carbocycles. The summed E-state index contributed by atoms with van der Waals surface area (Å²) >= 11 is 3.38. The number of halogens is 1. The Morgan fingerprint density at radius 2 is 1.95 bits per heavy atom. The summed E-state index contributed by atoms with van der Waals surface area (Å²) in [5.41, 5.74) is 10.4.